The third kappa shape index (κ3) is 2.09. The van der Waals surface area contributed by atoms with Gasteiger partial charge >= 0.3 is 5.97 Å². The molecule has 7 heteroatoms. The second-order valence-electron chi connectivity index (χ2n) is 4.41. The van der Waals surface area contributed by atoms with E-state index in [4.69, 9.17) is 14.6 Å². The first kappa shape index (κ1) is 11.9. The Morgan fingerprint density at radius 2 is 2.06 bits per heavy atom. The minimum atomic E-state index is -0.922. The van der Waals surface area contributed by atoms with Gasteiger partial charge in [-0.15, -0.1) is 0 Å². The maximum atomic E-state index is 10.8. The summed E-state index contributed by atoms with van der Waals surface area (Å²) >= 11 is 1.21. The molecule has 1 aromatic heterocycles. The lowest BCUT2D eigenvalue weighted by atomic mass is 10.0. The molecule has 2 saturated heterocycles. The molecule has 6 nitrogen and oxygen atoms in total. The van der Waals surface area contributed by atoms with Crippen LogP contribution in [-0.2, 0) is 9.47 Å². The third-order valence-electron chi connectivity index (χ3n) is 3.31. The lowest BCUT2D eigenvalue weighted by Gasteiger charge is -2.37. The van der Waals surface area contributed by atoms with E-state index < -0.39 is 11.8 Å². The third-order valence-corrected chi connectivity index (χ3v) is 4.36. The number of hydrogen-bond donors (Lipinski definition) is 1. The summed E-state index contributed by atoms with van der Waals surface area (Å²) in [6, 6.07) is 0. The molecule has 1 aromatic rings. The molecular weight excluding hydrogens is 256 g/mol. The topological polar surface area (TPSA) is 71.9 Å². The number of carbonyl (C=O) groups is 1. The van der Waals surface area contributed by atoms with Crippen molar-refractivity contribution in [1.29, 1.82) is 0 Å². The average molecular weight is 270 g/mol. The van der Waals surface area contributed by atoms with Crippen LogP contribution in [0.1, 0.15) is 22.5 Å². The average Bonchev–Trinajstić information content (AvgIpc) is 3.00. The van der Waals surface area contributed by atoms with Gasteiger partial charge in [-0.1, -0.05) is 11.3 Å². The normalized spacial score (nSPS) is 22.6. The number of carboxylic acid groups (broad SMARTS) is 1. The van der Waals surface area contributed by atoms with Crippen LogP contribution in [0.4, 0.5) is 5.13 Å². The SMILES string of the molecule is O=C(O)c1cnc(N2CCC3(CC2)OCCO3)s1. The molecule has 0 amide bonds. The van der Waals surface area contributed by atoms with Crippen molar-refractivity contribution in [3.8, 4) is 0 Å². The van der Waals surface area contributed by atoms with E-state index in [9.17, 15) is 4.79 Å². The molecule has 1 N–H and O–H groups in total. The van der Waals surface area contributed by atoms with Gasteiger partial charge in [0.25, 0.3) is 0 Å². The zero-order valence-corrected chi connectivity index (χ0v) is 10.6. The molecule has 0 saturated carbocycles. The van der Waals surface area contributed by atoms with Crippen LogP contribution in [0.2, 0.25) is 0 Å². The van der Waals surface area contributed by atoms with E-state index in [1.165, 1.54) is 17.5 Å². The second kappa shape index (κ2) is 4.49. The zero-order valence-electron chi connectivity index (χ0n) is 9.79. The molecule has 98 valence electrons. The molecule has 0 bridgehead atoms. The van der Waals surface area contributed by atoms with Gasteiger partial charge in [-0.2, -0.15) is 0 Å². The summed E-state index contributed by atoms with van der Waals surface area (Å²) in [7, 11) is 0. The monoisotopic (exact) mass is 270 g/mol. The van der Waals surface area contributed by atoms with Gasteiger partial charge in [0, 0.05) is 25.9 Å². The number of aromatic nitrogens is 1. The zero-order chi connectivity index (χ0) is 12.6. The fourth-order valence-electron chi connectivity index (χ4n) is 2.33. The van der Waals surface area contributed by atoms with Crippen LogP contribution in [0, 0.1) is 0 Å². The fraction of sp³-hybridized carbons (Fsp3) is 0.636. The highest BCUT2D eigenvalue weighted by Gasteiger charge is 2.40. The molecule has 0 atom stereocenters. The number of piperidine rings is 1. The minimum absolute atomic E-state index is 0.277. The van der Waals surface area contributed by atoms with E-state index in [2.05, 4.69) is 9.88 Å². The summed E-state index contributed by atoms with van der Waals surface area (Å²) in [5, 5.41) is 9.64. The van der Waals surface area contributed by atoms with Crippen molar-refractivity contribution in [3.05, 3.63) is 11.1 Å². The Hall–Kier alpha value is -1.18. The van der Waals surface area contributed by atoms with E-state index in [-0.39, 0.29) is 4.88 Å². The largest absolute Gasteiger partial charge is 0.477 e. The minimum Gasteiger partial charge on any atom is -0.477 e. The van der Waals surface area contributed by atoms with E-state index in [1.807, 2.05) is 0 Å². The number of rotatable bonds is 2. The highest BCUT2D eigenvalue weighted by molar-refractivity contribution is 7.17. The van der Waals surface area contributed by atoms with Crippen LogP contribution in [0.15, 0.2) is 6.20 Å². The number of aromatic carboxylic acids is 1. The Morgan fingerprint density at radius 3 is 2.61 bits per heavy atom. The van der Waals surface area contributed by atoms with E-state index in [1.54, 1.807) is 0 Å². The number of nitrogens with zero attached hydrogens (tertiary/aromatic N) is 2. The Kier molecular flexibility index (Phi) is 2.96. The van der Waals surface area contributed by atoms with E-state index >= 15 is 0 Å². The summed E-state index contributed by atoms with van der Waals surface area (Å²) in [5.74, 6) is -1.32. The summed E-state index contributed by atoms with van der Waals surface area (Å²) in [4.78, 5) is 17.3. The Balaban J connectivity index is 1.66. The number of ether oxygens (including phenoxy) is 2. The van der Waals surface area contributed by atoms with Crippen LogP contribution in [0.5, 0.6) is 0 Å². The van der Waals surface area contributed by atoms with E-state index in [0.717, 1.165) is 31.1 Å². The molecule has 1 spiro atoms. The molecule has 18 heavy (non-hydrogen) atoms. The Morgan fingerprint density at radius 1 is 1.39 bits per heavy atom. The molecule has 2 aliphatic rings. The van der Waals surface area contributed by atoms with Crippen molar-refractivity contribution in [1.82, 2.24) is 4.98 Å². The predicted molar refractivity (Wildman–Crippen MR) is 65.2 cm³/mol. The van der Waals surface area contributed by atoms with Crippen molar-refractivity contribution in [2.75, 3.05) is 31.2 Å². The van der Waals surface area contributed by atoms with Gasteiger partial charge in [0.1, 0.15) is 4.88 Å². The van der Waals surface area contributed by atoms with Crippen LogP contribution >= 0.6 is 11.3 Å². The van der Waals surface area contributed by atoms with Crippen molar-refractivity contribution >= 4 is 22.4 Å². The lowest BCUT2D eigenvalue weighted by molar-refractivity contribution is -0.169. The molecule has 0 unspecified atom stereocenters. The molecule has 0 aromatic carbocycles. The van der Waals surface area contributed by atoms with Crippen LogP contribution < -0.4 is 4.90 Å². The van der Waals surface area contributed by atoms with Crippen molar-refractivity contribution in [2.24, 2.45) is 0 Å². The Bertz CT molecular complexity index is 446. The summed E-state index contributed by atoms with van der Waals surface area (Å²) in [6.07, 6.45) is 3.01. The molecule has 3 heterocycles. The van der Waals surface area contributed by atoms with Gasteiger partial charge in [0.05, 0.1) is 19.4 Å². The van der Waals surface area contributed by atoms with Crippen molar-refractivity contribution < 1.29 is 19.4 Å². The molecule has 3 rings (SSSR count). The van der Waals surface area contributed by atoms with Gasteiger partial charge in [-0.05, 0) is 0 Å². The molecule has 0 aliphatic carbocycles. The first-order valence-corrected chi connectivity index (χ1v) is 6.72. The van der Waals surface area contributed by atoms with Crippen LogP contribution in [0.3, 0.4) is 0 Å². The highest BCUT2D eigenvalue weighted by atomic mass is 32.1. The van der Waals surface area contributed by atoms with Crippen molar-refractivity contribution in [2.45, 2.75) is 18.6 Å². The highest BCUT2D eigenvalue weighted by Crippen LogP contribution is 2.34. The quantitative estimate of drug-likeness (QED) is 0.870. The van der Waals surface area contributed by atoms with E-state index in [0.29, 0.717) is 13.2 Å². The second-order valence-corrected chi connectivity index (χ2v) is 5.42. The molecule has 2 fully saturated rings. The lowest BCUT2D eigenvalue weighted by Crippen LogP contribution is -2.45. The number of carboxylic acids is 1. The van der Waals surface area contributed by atoms with Gasteiger partial charge in [-0.3, -0.25) is 0 Å². The molecule has 0 radical (unpaired) electrons. The van der Waals surface area contributed by atoms with Gasteiger partial charge in [0.15, 0.2) is 10.9 Å². The molecule has 2 aliphatic heterocycles. The molecular formula is C11H14N2O4S. The fourth-order valence-corrected chi connectivity index (χ4v) is 3.14. The van der Waals surface area contributed by atoms with Gasteiger partial charge in [0.2, 0.25) is 0 Å². The summed E-state index contributed by atoms with van der Waals surface area (Å²) in [6.45, 7) is 2.90. The van der Waals surface area contributed by atoms with Crippen molar-refractivity contribution in [3.63, 3.8) is 0 Å². The van der Waals surface area contributed by atoms with Crippen LogP contribution in [-0.4, -0.2) is 48.2 Å². The van der Waals surface area contributed by atoms with Crippen LogP contribution in [0.25, 0.3) is 0 Å². The summed E-state index contributed by atoms with van der Waals surface area (Å²) < 4.78 is 11.3. The maximum absolute atomic E-state index is 10.8. The van der Waals surface area contributed by atoms with Gasteiger partial charge < -0.3 is 19.5 Å². The first-order chi connectivity index (χ1) is 8.69. The predicted octanol–water partition coefficient (Wildman–Crippen LogP) is 1.18. The standard InChI is InChI=1S/C11H14N2O4S/c14-9(15)8-7-12-10(18-8)13-3-1-11(2-4-13)16-5-6-17-11/h7H,1-6H2,(H,14,15). The smallest absolute Gasteiger partial charge is 0.347 e. The maximum Gasteiger partial charge on any atom is 0.347 e. The number of thiazole rings is 1. The Labute approximate surface area is 108 Å². The number of hydrogen-bond acceptors (Lipinski definition) is 6. The van der Waals surface area contributed by atoms with Gasteiger partial charge in [-0.25, -0.2) is 9.78 Å². The first-order valence-electron chi connectivity index (χ1n) is 5.91. The summed E-state index contributed by atoms with van der Waals surface area (Å²) in [5.41, 5.74) is 0. The number of anilines is 1.